The zero-order valence-electron chi connectivity index (χ0n) is 10.7. The topological polar surface area (TPSA) is 43.3 Å². The molecule has 0 bridgehead atoms. The van der Waals surface area contributed by atoms with Gasteiger partial charge in [-0.3, -0.25) is 0 Å². The molecule has 0 aliphatic heterocycles. The quantitative estimate of drug-likeness (QED) is 0.584. The van der Waals surface area contributed by atoms with Crippen molar-refractivity contribution < 1.29 is 0 Å². The second-order valence-corrected chi connectivity index (χ2v) is 5.61. The average Bonchev–Trinajstić information content (AvgIpc) is 2.80. The first-order chi connectivity index (χ1) is 9.20. The van der Waals surface area contributed by atoms with Gasteiger partial charge in [-0.25, -0.2) is 4.98 Å². The number of pyridine rings is 1. The third-order valence-corrected chi connectivity index (χ3v) is 3.96. The van der Waals surface area contributed by atoms with E-state index in [-0.39, 0.29) is 0 Å². The van der Waals surface area contributed by atoms with Gasteiger partial charge in [-0.2, -0.15) is 0 Å². The first kappa shape index (κ1) is 12.1. The molecule has 1 aromatic carbocycles. The van der Waals surface area contributed by atoms with Crippen LogP contribution in [-0.2, 0) is 5.75 Å². The van der Waals surface area contributed by atoms with Gasteiger partial charge in [-0.05, 0) is 42.8 Å². The number of benzene rings is 1. The zero-order valence-corrected chi connectivity index (χ0v) is 11.5. The number of aromatic nitrogens is 2. The lowest BCUT2D eigenvalue weighted by atomic mass is 10.3. The Morgan fingerprint density at radius 2 is 1.89 bits per heavy atom. The Bertz CT molecular complexity index is 701. The summed E-state index contributed by atoms with van der Waals surface area (Å²) in [6, 6.07) is 12.1. The van der Waals surface area contributed by atoms with Crippen molar-refractivity contribution in [1.82, 2.24) is 9.38 Å². The molecule has 0 saturated carbocycles. The fraction of sp³-hybridized carbons (Fsp3) is 0.133. The van der Waals surface area contributed by atoms with E-state index in [4.69, 9.17) is 5.73 Å². The lowest BCUT2D eigenvalue weighted by Crippen LogP contribution is -1.83. The van der Waals surface area contributed by atoms with Crippen LogP contribution in [0.15, 0.2) is 53.7 Å². The van der Waals surface area contributed by atoms with Gasteiger partial charge in [0.15, 0.2) is 0 Å². The van der Waals surface area contributed by atoms with E-state index in [9.17, 15) is 0 Å². The van der Waals surface area contributed by atoms with Gasteiger partial charge in [-0.15, -0.1) is 11.8 Å². The normalized spacial score (nSPS) is 11.0. The molecule has 0 aliphatic carbocycles. The number of nitrogens with two attached hydrogens (primary N) is 1. The Morgan fingerprint density at radius 1 is 1.11 bits per heavy atom. The Morgan fingerprint density at radius 3 is 2.68 bits per heavy atom. The second kappa shape index (κ2) is 4.97. The first-order valence-electron chi connectivity index (χ1n) is 6.13. The highest BCUT2D eigenvalue weighted by Gasteiger charge is 2.02. The maximum Gasteiger partial charge on any atom is 0.137 e. The molecule has 0 atom stereocenters. The van der Waals surface area contributed by atoms with Crippen LogP contribution in [0, 0.1) is 6.92 Å². The van der Waals surface area contributed by atoms with E-state index in [1.807, 2.05) is 30.3 Å². The SMILES string of the molecule is Cc1ccc2nc(CSc3ccc(N)cc3)cn2c1. The zero-order chi connectivity index (χ0) is 13.2. The predicted molar refractivity (Wildman–Crippen MR) is 80.3 cm³/mol. The Kier molecular flexibility index (Phi) is 3.17. The van der Waals surface area contributed by atoms with Crippen LogP contribution in [0.1, 0.15) is 11.3 Å². The van der Waals surface area contributed by atoms with Crippen LogP contribution in [0.25, 0.3) is 5.65 Å². The fourth-order valence-electron chi connectivity index (χ4n) is 1.95. The van der Waals surface area contributed by atoms with Crippen LogP contribution >= 0.6 is 11.8 Å². The van der Waals surface area contributed by atoms with Gasteiger partial charge >= 0.3 is 0 Å². The van der Waals surface area contributed by atoms with Gasteiger partial charge in [-0.1, -0.05) is 6.07 Å². The molecule has 3 rings (SSSR count). The van der Waals surface area contributed by atoms with Crippen LogP contribution in [-0.4, -0.2) is 9.38 Å². The molecule has 96 valence electrons. The van der Waals surface area contributed by atoms with E-state index >= 15 is 0 Å². The summed E-state index contributed by atoms with van der Waals surface area (Å²) in [7, 11) is 0. The average molecular weight is 269 g/mol. The van der Waals surface area contributed by atoms with Gasteiger partial charge in [0.25, 0.3) is 0 Å². The Balaban J connectivity index is 1.76. The van der Waals surface area contributed by atoms with E-state index in [0.717, 1.165) is 22.8 Å². The monoisotopic (exact) mass is 269 g/mol. The van der Waals surface area contributed by atoms with Crippen LogP contribution < -0.4 is 5.73 Å². The van der Waals surface area contributed by atoms with Gasteiger partial charge in [0.2, 0.25) is 0 Å². The largest absolute Gasteiger partial charge is 0.399 e. The van der Waals surface area contributed by atoms with Crippen molar-refractivity contribution in [2.45, 2.75) is 17.6 Å². The molecule has 4 heteroatoms. The molecule has 2 heterocycles. The van der Waals surface area contributed by atoms with Crippen LogP contribution in [0.3, 0.4) is 0 Å². The van der Waals surface area contributed by atoms with Crippen molar-refractivity contribution in [2.24, 2.45) is 0 Å². The van der Waals surface area contributed by atoms with E-state index < -0.39 is 0 Å². The fourth-order valence-corrected chi connectivity index (χ4v) is 2.73. The van der Waals surface area contributed by atoms with Crippen molar-refractivity contribution in [3.8, 4) is 0 Å². The van der Waals surface area contributed by atoms with Crippen molar-refractivity contribution in [3.05, 3.63) is 60.0 Å². The molecule has 2 aromatic heterocycles. The summed E-state index contributed by atoms with van der Waals surface area (Å²) >= 11 is 1.77. The molecule has 0 amide bonds. The summed E-state index contributed by atoms with van der Waals surface area (Å²) in [4.78, 5) is 5.81. The molecule has 0 spiro atoms. The molecule has 3 nitrogen and oxygen atoms in total. The molecule has 2 N–H and O–H groups in total. The number of fused-ring (bicyclic) bond motifs is 1. The predicted octanol–water partition coefficient (Wildman–Crippen LogP) is 3.52. The summed E-state index contributed by atoms with van der Waals surface area (Å²) in [5.41, 5.74) is 9.80. The van der Waals surface area contributed by atoms with Gasteiger partial charge in [0.05, 0.1) is 5.69 Å². The highest BCUT2D eigenvalue weighted by molar-refractivity contribution is 7.98. The summed E-state index contributed by atoms with van der Waals surface area (Å²) in [5, 5.41) is 0. The number of aryl methyl sites for hydroxylation is 1. The number of nitrogens with zero attached hydrogens (tertiary/aromatic N) is 2. The molecular weight excluding hydrogens is 254 g/mol. The summed E-state index contributed by atoms with van der Waals surface area (Å²) in [6.07, 6.45) is 4.19. The number of imidazole rings is 1. The minimum absolute atomic E-state index is 0.799. The van der Waals surface area contributed by atoms with E-state index in [1.165, 1.54) is 10.5 Å². The van der Waals surface area contributed by atoms with Crippen LogP contribution in [0.5, 0.6) is 0 Å². The lowest BCUT2D eigenvalue weighted by molar-refractivity contribution is 1.15. The highest BCUT2D eigenvalue weighted by Crippen LogP contribution is 2.23. The standard InChI is InChI=1S/C15H15N3S/c1-11-2-7-15-17-13(9-18(15)8-11)10-19-14-5-3-12(16)4-6-14/h2-9H,10,16H2,1H3. The number of hydrogen-bond donors (Lipinski definition) is 1. The van der Waals surface area contributed by atoms with E-state index in [0.29, 0.717) is 0 Å². The number of rotatable bonds is 3. The molecule has 0 saturated heterocycles. The molecule has 0 fully saturated rings. The molecule has 0 aliphatic rings. The van der Waals surface area contributed by atoms with Crippen molar-refractivity contribution >= 4 is 23.1 Å². The van der Waals surface area contributed by atoms with E-state index in [2.05, 4.69) is 34.8 Å². The van der Waals surface area contributed by atoms with E-state index in [1.54, 1.807) is 11.8 Å². The second-order valence-electron chi connectivity index (χ2n) is 4.56. The minimum Gasteiger partial charge on any atom is -0.399 e. The molecule has 3 aromatic rings. The maximum atomic E-state index is 5.67. The summed E-state index contributed by atoms with van der Waals surface area (Å²) in [5.74, 6) is 0.866. The van der Waals surface area contributed by atoms with Gasteiger partial charge < -0.3 is 10.1 Å². The number of nitrogen functional groups attached to an aromatic ring is 1. The number of hydrogen-bond acceptors (Lipinski definition) is 3. The number of anilines is 1. The summed E-state index contributed by atoms with van der Waals surface area (Å²) < 4.78 is 2.08. The molecule has 0 radical (unpaired) electrons. The van der Waals surface area contributed by atoms with Crippen molar-refractivity contribution in [2.75, 3.05) is 5.73 Å². The Labute approximate surface area is 116 Å². The van der Waals surface area contributed by atoms with Crippen molar-refractivity contribution in [1.29, 1.82) is 0 Å². The van der Waals surface area contributed by atoms with Gasteiger partial charge in [0, 0.05) is 28.7 Å². The van der Waals surface area contributed by atoms with Crippen LogP contribution in [0.4, 0.5) is 5.69 Å². The van der Waals surface area contributed by atoms with Crippen LogP contribution in [0.2, 0.25) is 0 Å². The first-order valence-corrected chi connectivity index (χ1v) is 7.12. The molecular formula is C15H15N3S. The lowest BCUT2D eigenvalue weighted by Gasteiger charge is -1.99. The smallest absolute Gasteiger partial charge is 0.137 e. The highest BCUT2D eigenvalue weighted by atomic mass is 32.2. The maximum absolute atomic E-state index is 5.67. The third-order valence-electron chi connectivity index (χ3n) is 2.92. The third kappa shape index (κ3) is 2.74. The Hall–Kier alpha value is -1.94. The number of thioether (sulfide) groups is 1. The van der Waals surface area contributed by atoms with Crippen molar-refractivity contribution in [3.63, 3.8) is 0 Å². The molecule has 19 heavy (non-hydrogen) atoms. The molecule has 0 unspecified atom stereocenters. The summed E-state index contributed by atoms with van der Waals surface area (Å²) in [6.45, 7) is 2.09. The minimum atomic E-state index is 0.799. The van der Waals surface area contributed by atoms with Gasteiger partial charge in [0.1, 0.15) is 5.65 Å².